The van der Waals surface area contributed by atoms with E-state index in [9.17, 15) is 14.4 Å². The molecule has 4 heterocycles. The standard InChI is InChI=1S/C22H20N6O3S/c1-25-12-24-19-17(25)20(29)28(22(31)26(19)2)10-6-9-27-13-23-15-11-16(32-18(15)21(27)30)14-7-4-3-5-8-14/h3-5,7-8,11-13H,6,9-10H2,1-2H3. The highest BCUT2D eigenvalue weighted by Gasteiger charge is 2.15. The number of fused-ring (bicyclic) bond motifs is 2. The smallest absolute Gasteiger partial charge is 0.328 e. The summed E-state index contributed by atoms with van der Waals surface area (Å²) in [6, 6.07) is 11.8. The van der Waals surface area contributed by atoms with Crippen molar-refractivity contribution in [2.45, 2.75) is 19.5 Å². The van der Waals surface area contributed by atoms with E-state index in [0.29, 0.717) is 34.3 Å². The molecule has 9 nitrogen and oxygen atoms in total. The number of nitrogens with zero attached hydrogens (tertiary/aromatic N) is 6. The van der Waals surface area contributed by atoms with Gasteiger partial charge in [-0.3, -0.25) is 23.3 Å². The summed E-state index contributed by atoms with van der Waals surface area (Å²) in [7, 11) is 3.31. The Morgan fingerprint density at radius 1 is 0.938 bits per heavy atom. The molecule has 10 heteroatoms. The first kappa shape index (κ1) is 20.1. The number of thiophene rings is 1. The fourth-order valence-electron chi connectivity index (χ4n) is 3.84. The van der Waals surface area contributed by atoms with Gasteiger partial charge in [-0.25, -0.2) is 14.8 Å². The third kappa shape index (κ3) is 3.19. The highest BCUT2D eigenvalue weighted by atomic mass is 32.1. The maximum Gasteiger partial charge on any atom is 0.332 e. The van der Waals surface area contributed by atoms with Gasteiger partial charge in [-0.1, -0.05) is 30.3 Å². The molecule has 32 heavy (non-hydrogen) atoms. The van der Waals surface area contributed by atoms with Crippen molar-refractivity contribution < 1.29 is 0 Å². The van der Waals surface area contributed by atoms with E-state index in [4.69, 9.17) is 0 Å². The molecular weight excluding hydrogens is 428 g/mol. The summed E-state index contributed by atoms with van der Waals surface area (Å²) in [4.78, 5) is 48.0. The van der Waals surface area contributed by atoms with Gasteiger partial charge in [-0.05, 0) is 18.1 Å². The van der Waals surface area contributed by atoms with E-state index in [2.05, 4.69) is 9.97 Å². The molecule has 0 saturated carbocycles. The van der Waals surface area contributed by atoms with E-state index in [1.54, 1.807) is 18.7 Å². The number of hydrogen-bond acceptors (Lipinski definition) is 6. The first-order valence-electron chi connectivity index (χ1n) is 10.1. The Hall–Kier alpha value is -3.79. The SMILES string of the molecule is Cn1cnc2c1c(=O)n(CCCn1cnc3cc(-c4ccccc4)sc3c1=O)c(=O)n2C. The van der Waals surface area contributed by atoms with Crippen molar-refractivity contribution in [1.29, 1.82) is 0 Å². The topological polar surface area (TPSA) is 96.7 Å². The molecule has 5 rings (SSSR count). The minimum atomic E-state index is -0.423. The Morgan fingerprint density at radius 2 is 1.72 bits per heavy atom. The van der Waals surface area contributed by atoms with Crippen LogP contribution in [0.3, 0.4) is 0 Å². The molecule has 0 N–H and O–H groups in total. The normalized spacial score (nSPS) is 11.6. The quantitative estimate of drug-likeness (QED) is 0.410. The molecule has 0 unspecified atom stereocenters. The van der Waals surface area contributed by atoms with Gasteiger partial charge in [0.05, 0.1) is 18.2 Å². The van der Waals surface area contributed by atoms with Crippen LogP contribution in [0.2, 0.25) is 0 Å². The zero-order chi connectivity index (χ0) is 22.4. The van der Waals surface area contributed by atoms with Gasteiger partial charge in [-0.2, -0.15) is 0 Å². The highest BCUT2D eigenvalue weighted by molar-refractivity contribution is 7.22. The van der Waals surface area contributed by atoms with E-state index < -0.39 is 5.69 Å². The Morgan fingerprint density at radius 3 is 2.50 bits per heavy atom. The molecule has 0 saturated heterocycles. The van der Waals surface area contributed by atoms with Crippen molar-refractivity contribution in [2.75, 3.05) is 0 Å². The third-order valence-electron chi connectivity index (χ3n) is 5.54. The molecule has 0 spiro atoms. The lowest BCUT2D eigenvalue weighted by atomic mass is 10.2. The summed E-state index contributed by atoms with van der Waals surface area (Å²) >= 11 is 1.42. The average Bonchev–Trinajstić information content (AvgIpc) is 3.41. The number of benzene rings is 1. The summed E-state index contributed by atoms with van der Waals surface area (Å²) < 4.78 is 6.30. The van der Waals surface area contributed by atoms with Gasteiger partial charge in [0.15, 0.2) is 11.2 Å². The van der Waals surface area contributed by atoms with Gasteiger partial charge >= 0.3 is 5.69 Å². The van der Waals surface area contributed by atoms with Crippen LogP contribution in [-0.4, -0.2) is 28.2 Å². The van der Waals surface area contributed by atoms with E-state index in [1.165, 1.54) is 37.7 Å². The zero-order valence-corrected chi connectivity index (χ0v) is 18.4. The molecule has 0 aliphatic rings. The van der Waals surface area contributed by atoms with Gasteiger partial charge in [0.2, 0.25) is 0 Å². The average molecular weight is 449 g/mol. The Kier molecular flexibility index (Phi) is 4.86. The van der Waals surface area contributed by atoms with Crippen molar-refractivity contribution in [3.63, 3.8) is 0 Å². The van der Waals surface area contributed by atoms with Crippen LogP contribution in [0.4, 0.5) is 0 Å². The van der Waals surface area contributed by atoms with Crippen LogP contribution >= 0.6 is 11.3 Å². The molecule has 0 radical (unpaired) electrons. The van der Waals surface area contributed by atoms with Crippen molar-refractivity contribution >= 4 is 32.7 Å². The predicted molar refractivity (Wildman–Crippen MR) is 124 cm³/mol. The van der Waals surface area contributed by atoms with E-state index >= 15 is 0 Å². The molecule has 0 atom stereocenters. The van der Waals surface area contributed by atoms with Crippen LogP contribution in [0.25, 0.3) is 31.8 Å². The minimum Gasteiger partial charge on any atom is -0.328 e. The number of imidazole rings is 1. The lowest BCUT2D eigenvalue weighted by Gasteiger charge is -2.09. The summed E-state index contributed by atoms with van der Waals surface area (Å²) in [6.07, 6.45) is 3.47. The fourth-order valence-corrected chi connectivity index (χ4v) is 4.91. The first-order chi connectivity index (χ1) is 15.5. The molecule has 0 aliphatic carbocycles. The maximum atomic E-state index is 13.0. The Balaban J connectivity index is 1.42. The lowest BCUT2D eigenvalue weighted by Crippen LogP contribution is -2.40. The second kappa shape index (κ2) is 7.72. The zero-order valence-electron chi connectivity index (χ0n) is 17.6. The van der Waals surface area contributed by atoms with Crippen LogP contribution in [0.5, 0.6) is 0 Å². The van der Waals surface area contributed by atoms with Crippen LogP contribution in [0.1, 0.15) is 6.42 Å². The molecule has 4 aromatic heterocycles. The highest BCUT2D eigenvalue weighted by Crippen LogP contribution is 2.30. The molecule has 0 bridgehead atoms. The second-order valence-electron chi connectivity index (χ2n) is 7.61. The van der Waals surface area contributed by atoms with Crippen LogP contribution in [0, 0.1) is 0 Å². The summed E-state index contributed by atoms with van der Waals surface area (Å²) in [6.45, 7) is 0.538. The second-order valence-corrected chi connectivity index (χ2v) is 8.67. The maximum absolute atomic E-state index is 13.0. The van der Waals surface area contributed by atoms with Gasteiger partial charge in [0, 0.05) is 32.1 Å². The Labute approximate surface area is 185 Å². The summed E-state index contributed by atoms with van der Waals surface area (Å²) in [5, 5.41) is 0. The fraction of sp³-hybridized carbons (Fsp3) is 0.227. The number of aromatic nitrogens is 6. The van der Waals surface area contributed by atoms with E-state index in [1.807, 2.05) is 36.4 Å². The number of aryl methyl sites for hydroxylation is 3. The van der Waals surface area contributed by atoms with Crippen LogP contribution < -0.4 is 16.8 Å². The molecule has 0 amide bonds. The van der Waals surface area contributed by atoms with Crippen molar-refractivity contribution in [2.24, 2.45) is 14.1 Å². The van der Waals surface area contributed by atoms with E-state index in [-0.39, 0.29) is 17.7 Å². The van der Waals surface area contributed by atoms with E-state index in [0.717, 1.165) is 10.4 Å². The largest absolute Gasteiger partial charge is 0.332 e. The van der Waals surface area contributed by atoms with Crippen molar-refractivity contribution in [3.05, 3.63) is 80.2 Å². The first-order valence-corrected chi connectivity index (χ1v) is 10.9. The van der Waals surface area contributed by atoms with Crippen LogP contribution in [-0.2, 0) is 27.2 Å². The van der Waals surface area contributed by atoms with Gasteiger partial charge in [0.1, 0.15) is 4.70 Å². The predicted octanol–water partition coefficient (Wildman–Crippen LogP) is 1.96. The molecule has 1 aromatic carbocycles. The van der Waals surface area contributed by atoms with Crippen LogP contribution in [0.15, 0.2) is 63.4 Å². The van der Waals surface area contributed by atoms with Gasteiger partial charge in [-0.15, -0.1) is 11.3 Å². The third-order valence-corrected chi connectivity index (χ3v) is 6.71. The molecule has 162 valence electrons. The summed E-state index contributed by atoms with van der Waals surface area (Å²) in [5.41, 5.74) is 1.52. The lowest BCUT2D eigenvalue weighted by molar-refractivity contribution is 0.517. The molecule has 0 fully saturated rings. The van der Waals surface area contributed by atoms with Crippen molar-refractivity contribution in [1.82, 2.24) is 28.2 Å². The summed E-state index contributed by atoms with van der Waals surface area (Å²) in [5.74, 6) is 0. The monoisotopic (exact) mass is 448 g/mol. The molecule has 5 aromatic rings. The van der Waals surface area contributed by atoms with Gasteiger partial charge in [0.25, 0.3) is 11.1 Å². The van der Waals surface area contributed by atoms with Gasteiger partial charge < -0.3 is 4.57 Å². The molecule has 0 aliphatic heterocycles. The Bertz CT molecular complexity index is 1640. The number of rotatable bonds is 5. The minimum absolute atomic E-state index is 0.121. The molecular formula is C22H20N6O3S. The van der Waals surface area contributed by atoms with Crippen molar-refractivity contribution in [3.8, 4) is 10.4 Å². The number of hydrogen-bond donors (Lipinski definition) is 0.